The first kappa shape index (κ1) is 11.2. The van der Waals surface area contributed by atoms with Crippen molar-refractivity contribution in [2.45, 2.75) is 40.0 Å². The van der Waals surface area contributed by atoms with Gasteiger partial charge in [-0.1, -0.05) is 20.8 Å². The Morgan fingerprint density at radius 3 is 2.42 bits per heavy atom. The lowest BCUT2D eigenvalue weighted by Gasteiger charge is -2.06. The smallest absolute Gasteiger partial charge is 0.149 e. The lowest BCUT2D eigenvalue weighted by atomic mass is 9.96. The number of nitrogens with zero attached hydrogens (tertiary/aromatic N) is 1. The molecule has 0 heterocycles. The third-order valence-electron chi connectivity index (χ3n) is 1.92. The summed E-state index contributed by atoms with van der Waals surface area (Å²) in [5.41, 5.74) is 0. The molecule has 12 heavy (non-hydrogen) atoms. The third-order valence-corrected chi connectivity index (χ3v) is 1.92. The van der Waals surface area contributed by atoms with E-state index in [-0.39, 0.29) is 11.7 Å². The molecule has 0 aromatic carbocycles. The van der Waals surface area contributed by atoms with E-state index in [4.69, 9.17) is 5.26 Å². The van der Waals surface area contributed by atoms with Crippen LogP contribution in [0.2, 0.25) is 0 Å². The molecule has 2 nitrogen and oxygen atoms in total. The third kappa shape index (κ3) is 4.12. The molecule has 0 fully saturated rings. The first-order chi connectivity index (χ1) is 5.61. The highest BCUT2D eigenvalue weighted by molar-refractivity contribution is 5.83. The molecule has 0 aromatic rings. The first-order valence-corrected chi connectivity index (χ1v) is 4.54. The van der Waals surface area contributed by atoms with Gasteiger partial charge in [-0.25, -0.2) is 0 Å². The molecule has 0 amide bonds. The van der Waals surface area contributed by atoms with E-state index in [0.29, 0.717) is 18.8 Å². The predicted molar refractivity (Wildman–Crippen MR) is 48.5 cm³/mol. The normalized spacial score (nSPS) is 12.6. The zero-order chi connectivity index (χ0) is 9.56. The fourth-order valence-corrected chi connectivity index (χ4v) is 0.996. The summed E-state index contributed by atoms with van der Waals surface area (Å²) >= 11 is 0. The number of ketones is 1. The summed E-state index contributed by atoms with van der Waals surface area (Å²) in [6.07, 6.45) is 2.11. The number of carbonyl (C=O) groups is 1. The van der Waals surface area contributed by atoms with Crippen molar-refractivity contribution in [3.8, 4) is 6.07 Å². The Labute approximate surface area is 74.6 Å². The van der Waals surface area contributed by atoms with Crippen molar-refractivity contribution in [1.29, 1.82) is 5.26 Å². The standard InChI is InChI=1S/C10H17NO/c1-4-9(7-11)10(12)6-5-8(2)3/h8-9H,4-6H2,1-3H3. The van der Waals surface area contributed by atoms with Gasteiger partial charge in [0.05, 0.1) is 6.07 Å². The van der Waals surface area contributed by atoms with E-state index < -0.39 is 0 Å². The van der Waals surface area contributed by atoms with Crippen LogP contribution < -0.4 is 0 Å². The van der Waals surface area contributed by atoms with Crippen LogP contribution in [-0.4, -0.2) is 5.78 Å². The van der Waals surface area contributed by atoms with Crippen LogP contribution in [0, 0.1) is 23.2 Å². The highest BCUT2D eigenvalue weighted by Crippen LogP contribution is 2.10. The Bertz CT molecular complexity index is 179. The van der Waals surface area contributed by atoms with Gasteiger partial charge in [-0.3, -0.25) is 4.79 Å². The van der Waals surface area contributed by atoms with E-state index in [1.165, 1.54) is 0 Å². The highest BCUT2D eigenvalue weighted by Gasteiger charge is 2.14. The molecule has 0 aromatic heterocycles. The molecule has 0 radical (unpaired) electrons. The van der Waals surface area contributed by atoms with Gasteiger partial charge in [-0.15, -0.1) is 0 Å². The summed E-state index contributed by atoms with van der Waals surface area (Å²) in [4.78, 5) is 11.3. The largest absolute Gasteiger partial charge is 0.298 e. The van der Waals surface area contributed by atoms with Crippen LogP contribution in [0.5, 0.6) is 0 Å². The van der Waals surface area contributed by atoms with E-state index in [1.54, 1.807) is 0 Å². The molecule has 0 aliphatic carbocycles. The van der Waals surface area contributed by atoms with Gasteiger partial charge < -0.3 is 0 Å². The zero-order valence-corrected chi connectivity index (χ0v) is 8.13. The van der Waals surface area contributed by atoms with Crippen LogP contribution in [0.1, 0.15) is 40.0 Å². The Morgan fingerprint density at radius 2 is 2.08 bits per heavy atom. The molecule has 0 rings (SSSR count). The number of hydrogen-bond donors (Lipinski definition) is 0. The Balaban J connectivity index is 3.79. The van der Waals surface area contributed by atoms with Crippen molar-refractivity contribution in [3.63, 3.8) is 0 Å². The number of hydrogen-bond acceptors (Lipinski definition) is 2. The van der Waals surface area contributed by atoms with Crippen molar-refractivity contribution in [3.05, 3.63) is 0 Å². The molecular weight excluding hydrogens is 150 g/mol. The van der Waals surface area contributed by atoms with Crippen LogP contribution in [0.3, 0.4) is 0 Å². The molecule has 2 heteroatoms. The molecular formula is C10H17NO. The van der Waals surface area contributed by atoms with Gasteiger partial charge >= 0.3 is 0 Å². The number of Topliss-reactive ketones (excluding diaryl/α,β-unsaturated/α-hetero) is 1. The Kier molecular flexibility index (Phi) is 5.36. The molecule has 0 aliphatic rings. The molecule has 0 bridgehead atoms. The van der Waals surface area contributed by atoms with E-state index in [1.807, 2.05) is 13.0 Å². The minimum Gasteiger partial charge on any atom is -0.298 e. The van der Waals surface area contributed by atoms with E-state index >= 15 is 0 Å². The monoisotopic (exact) mass is 167 g/mol. The zero-order valence-electron chi connectivity index (χ0n) is 8.13. The average molecular weight is 167 g/mol. The maximum atomic E-state index is 11.3. The fourth-order valence-electron chi connectivity index (χ4n) is 0.996. The van der Waals surface area contributed by atoms with Gasteiger partial charge in [0.2, 0.25) is 0 Å². The molecule has 0 saturated carbocycles. The molecule has 1 unspecified atom stereocenters. The second kappa shape index (κ2) is 5.77. The lowest BCUT2D eigenvalue weighted by molar-refractivity contribution is -0.121. The Morgan fingerprint density at radius 1 is 1.50 bits per heavy atom. The number of carbonyl (C=O) groups excluding carboxylic acids is 1. The summed E-state index contributed by atoms with van der Waals surface area (Å²) < 4.78 is 0. The summed E-state index contributed by atoms with van der Waals surface area (Å²) in [5, 5.41) is 8.59. The van der Waals surface area contributed by atoms with E-state index in [9.17, 15) is 4.79 Å². The van der Waals surface area contributed by atoms with Crippen LogP contribution in [0.4, 0.5) is 0 Å². The Hall–Kier alpha value is -0.840. The van der Waals surface area contributed by atoms with Gasteiger partial charge in [0.15, 0.2) is 0 Å². The second-order valence-corrected chi connectivity index (χ2v) is 3.49. The molecule has 0 saturated heterocycles. The highest BCUT2D eigenvalue weighted by atomic mass is 16.1. The van der Waals surface area contributed by atoms with Crippen LogP contribution in [-0.2, 0) is 4.79 Å². The number of nitriles is 1. The van der Waals surface area contributed by atoms with Crippen molar-refractivity contribution < 1.29 is 4.79 Å². The van der Waals surface area contributed by atoms with Gasteiger partial charge in [-0.2, -0.15) is 5.26 Å². The maximum absolute atomic E-state index is 11.3. The molecule has 68 valence electrons. The minimum absolute atomic E-state index is 0.105. The SMILES string of the molecule is CCC(C#N)C(=O)CCC(C)C. The predicted octanol–water partition coefficient (Wildman–Crippen LogP) is 2.54. The van der Waals surface area contributed by atoms with E-state index in [2.05, 4.69) is 13.8 Å². The van der Waals surface area contributed by atoms with Crippen LogP contribution >= 0.6 is 0 Å². The van der Waals surface area contributed by atoms with Crippen LogP contribution in [0.25, 0.3) is 0 Å². The first-order valence-electron chi connectivity index (χ1n) is 4.54. The second-order valence-electron chi connectivity index (χ2n) is 3.49. The van der Waals surface area contributed by atoms with E-state index in [0.717, 1.165) is 6.42 Å². The average Bonchev–Trinajstić information content (AvgIpc) is 2.03. The lowest BCUT2D eigenvalue weighted by Crippen LogP contribution is -2.12. The summed E-state index contributed by atoms with van der Waals surface area (Å²) in [6, 6.07) is 2.03. The van der Waals surface area contributed by atoms with Gasteiger partial charge in [0, 0.05) is 6.42 Å². The quantitative estimate of drug-likeness (QED) is 0.631. The topological polar surface area (TPSA) is 40.9 Å². The summed E-state index contributed by atoms with van der Waals surface area (Å²) in [7, 11) is 0. The summed E-state index contributed by atoms with van der Waals surface area (Å²) in [6.45, 7) is 6.04. The number of rotatable bonds is 5. The summed E-state index contributed by atoms with van der Waals surface area (Å²) in [5.74, 6) is 0.280. The maximum Gasteiger partial charge on any atom is 0.149 e. The van der Waals surface area contributed by atoms with Crippen molar-refractivity contribution in [2.24, 2.45) is 11.8 Å². The van der Waals surface area contributed by atoms with Gasteiger partial charge in [0.1, 0.15) is 11.7 Å². The van der Waals surface area contributed by atoms with Crippen molar-refractivity contribution in [2.75, 3.05) is 0 Å². The van der Waals surface area contributed by atoms with Crippen LogP contribution in [0.15, 0.2) is 0 Å². The fraction of sp³-hybridized carbons (Fsp3) is 0.800. The molecule has 1 atom stereocenters. The minimum atomic E-state index is -0.372. The van der Waals surface area contributed by atoms with Gasteiger partial charge in [-0.05, 0) is 18.8 Å². The van der Waals surface area contributed by atoms with Gasteiger partial charge in [0.25, 0.3) is 0 Å². The molecule has 0 N–H and O–H groups in total. The van der Waals surface area contributed by atoms with Crippen molar-refractivity contribution >= 4 is 5.78 Å². The molecule has 0 spiro atoms. The van der Waals surface area contributed by atoms with Crippen molar-refractivity contribution in [1.82, 2.24) is 0 Å². The molecule has 0 aliphatic heterocycles.